The Balaban J connectivity index is 1.47. The molecule has 1 atom stereocenters. The Kier molecular flexibility index (Phi) is 8.64. The third kappa shape index (κ3) is 5.95. The highest BCUT2D eigenvalue weighted by molar-refractivity contribution is 6.13. The summed E-state index contributed by atoms with van der Waals surface area (Å²) < 4.78 is 0. The lowest BCUT2D eigenvalue weighted by Gasteiger charge is -2.34. The van der Waals surface area contributed by atoms with Gasteiger partial charge in [-0.15, -0.1) is 0 Å². The number of fused-ring (bicyclic) bond motifs is 2. The summed E-state index contributed by atoms with van der Waals surface area (Å²) in [6.45, 7) is 8.91. The second-order valence-corrected chi connectivity index (χ2v) is 12.8. The van der Waals surface area contributed by atoms with E-state index in [1.807, 2.05) is 0 Å². The number of hydrogen-bond acceptors (Lipinski definition) is 1. The van der Waals surface area contributed by atoms with Crippen LogP contribution in [0.5, 0.6) is 0 Å². The average Bonchev–Trinajstić information content (AvgIpc) is 3.12. The van der Waals surface area contributed by atoms with Crippen LogP contribution in [0.3, 0.4) is 0 Å². The number of allylic oxidation sites excluding steroid dienone is 2. The largest absolute Gasteiger partial charge is 0.334 e. The van der Waals surface area contributed by atoms with Crippen molar-refractivity contribution >= 4 is 45.1 Å². The van der Waals surface area contributed by atoms with Crippen molar-refractivity contribution in [2.45, 2.75) is 53.0 Å². The molecule has 0 amide bonds. The van der Waals surface area contributed by atoms with Gasteiger partial charge in [-0.1, -0.05) is 152 Å². The zero-order valence-corrected chi connectivity index (χ0v) is 28.0. The number of nitrogens with zero attached hydrogens (tertiary/aromatic N) is 1. The van der Waals surface area contributed by atoms with Crippen molar-refractivity contribution in [1.82, 2.24) is 0 Å². The molecule has 1 aliphatic carbocycles. The molecule has 0 saturated heterocycles. The Morgan fingerprint density at radius 1 is 0.617 bits per heavy atom. The molecular weight excluding hydrogens is 567 g/mol. The van der Waals surface area contributed by atoms with Crippen LogP contribution in [0.25, 0.3) is 44.8 Å². The van der Waals surface area contributed by atoms with Crippen LogP contribution >= 0.6 is 0 Å². The molecule has 0 bridgehead atoms. The second kappa shape index (κ2) is 13.3. The van der Waals surface area contributed by atoms with E-state index in [1.165, 1.54) is 77.4 Å². The summed E-state index contributed by atoms with van der Waals surface area (Å²) in [4.78, 5) is 2.56. The fourth-order valence-corrected chi connectivity index (χ4v) is 7.20. The molecule has 0 radical (unpaired) electrons. The van der Waals surface area contributed by atoms with E-state index >= 15 is 0 Å². The van der Waals surface area contributed by atoms with Gasteiger partial charge in [0.1, 0.15) is 0 Å². The molecule has 0 heterocycles. The molecule has 232 valence electrons. The van der Waals surface area contributed by atoms with Crippen LogP contribution in [0, 0.1) is 13.8 Å². The quantitative estimate of drug-likeness (QED) is 0.155. The first-order valence-electron chi connectivity index (χ1n) is 17.1. The van der Waals surface area contributed by atoms with Crippen molar-refractivity contribution in [1.29, 1.82) is 0 Å². The van der Waals surface area contributed by atoms with Crippen LogP contribution < -0.4 is 4.90 Å². The Labute approximate surface area is 280 Å². The predicted octanol–water partition coefficient (Wildman–Crippen LogP) is 12.6. The third-order valence-electron chi connectivity index (χ3n) is 9.67. The molecule has 6 aromatic rings. The molecule has 1 heteroatoms. The Morgan fingerprint density at radius 2 is 1.19 bits per heavy atom. The maximum Gasteiger partial charge on any atom is 0.0560 e. The lowest BCUT2D eigenvalue weighted by atomic mass is 9.83. The van der Waals surface area contributed by atoms with E-state index in [1.54, 1.807) is 0 Å². The molecular formula is C46H43N. The topological polar surface area (TPSA) is 3.24 Å². The number of aryl methyl sites for hydroxylation is 4. The van der Waals surface area contributed by atoms with Gasteiger partial charge in [0.05, 0.1) is 6.04 Å². The van der Waals surface area contributed by atoms with Crippen LogP contribution in [-0.2, 0) is 12.8 Å². The first kappa shape index (κ1) is 30.5. The summed E-state index contributed by atoms with van der Waals surface area (Å²) in [6.07, 6.45) is 16.4. The zero-order valence-electron chi connectivity index (χ0n) is 28.0. The van der Waals surface area contributed by atoms with E-state index in [-0.39, 0.29) is 6.04 Å². The van der Waals surface area contributed by atoms with Gasteiger partial charge in [-0.3, -0.25) is 0 Å². The van der Waals surface area contributed by atoms with Gasteiger partial charge < -0.3 is 4.90 Å². The SMILES string of the molecule is CCc1cc(/C=C/c2ccc(C)cc2)c2ccccc2c1-c1c(CC)cc(N(c2ccc(C)cc2)C2C=CC=CC2)c2ccccc12. The van der Waals surface area contributed by atoms with E-state index < -0.39 is 0 Å². The van der Waals surface area contributed by atoms with Crippen LogP contribution in [0.2, 0.25) is 0 Å². The van der Waals surface area contributed by atoms with Crippen molar-refractivity contribution in [2.75, 3.05) is 4.90 Å². The minimum absolute atomic E-state index is 0.244. The van der Waals surface area contributed by atoms with Gasteiger partial charge in [-0.25, -0.2) is 0 Å². The highest BCUT2D eigenvalue weighted by Crippen LogP contribution is 2.46. The van der Waals surface area contributed by atoms with Crippen molar-refractivity contribution < 1.29 is 0 Å². The van der Waals surface area contributed by atoms with Gasteiger partial charge in [0.2, 0.25) is 0 Å². The van der Waals surface area contributed by atoms with Crippen molar-refractivity contribution in [3.63, 3.8) is 0 Å². The molecule has 0 spiro atoms. The third-order valence-corrected chi connectivity index (χ3v) is 9.67. The number of hydrogen-bond donors (Lipinski definition) is 0. The van der Waals surface area contributed by atoms with E-state index in [0.29, 0.717) is 0 Å². The van der Waals surface area contributed by atoms with Crippen LogP contribution in [0.1, 0.15) is 53.6 Å². The first-order valence-corrected chi connectivity index (χ1v) is 17.1. The lowest BCUT2D eigenvalue weighted by molar-refractivity contribution is 0.786. The fourth-order valence-electron chi connectivity index (χ4n) is 7.20. The van der Waals surface area contributed by atoms with E-state index in [0.717, 1.165) is 19.3 Å². The van der Waals surface area contributed by atoms with Crippen molar-refractivity contribution in [3.8, 4) is 11.1 Å². The van der Waals surface area contributed by atoms with Gasteiger partial charge >= 0.3 is 0 Å². The predicted molar refractivity (Wildman–Crippen MR) is 206 cm³/mol. The summed E-state index contributed by atoms with van der Waals surface area (Å²) in [6, 6.07) is 41.0. The summed E-state index contributed by atoms with van der Waals surface area (Å²) in [7, 11) is 0. The van der Waals surface area contributed by atoms with Gasteiger partial charge in [0.25, 0.3) is 0 Å². The lowest BCUT2D eigenvalue weighted by Crippen LogP contribution is -2.30. The van der Waals surface area contributed by atoms with E-state index in [9.17, 15) is 0 Å². The molecule has 0 fully saturated rings. The summed E-state index contributed by atoms with van der Waals surface area (Å²) >= 11 is 0. The summed E-state index contributed by atoms with van der Waals surface area (Å²) in [5, 5.41) is 5.22. The Morgan fingerprint density at radius 3 is 1.81 bits per heavy atom. The van der Waals surface area contributed by atoms with E-state index in [4.69, 9.17) is 0 Å². The monoisotopic (exact) mass is 609 g/mol. The molecule has 1 nitrogen and oxygen atoms in total. The molecule has 0 N–H and O–H groups in total. The molecule has 0 aromatic heterocycles. The standard InChI is InChI=1S/C46H43N/c1-5-35-30-37(27-26-34-24-20-32(3)21-25-34)40-16-10-12-18-42(40)45(35)46-36(6-2)31-44(41-17-11-13-19-43(41)46)47(38-14-8-7-9-15-38)39-28-22-33(4)23-29-39/h7-14,16-31,38H,5-6,15H2,1-4H3/b27-26+. The van der Waals surface area contributed by atoms with Crippen LogP contribution in [-0.4, -0.2) is 6.04 Å². The minimum Gasteiger partial charge on any atom is -0.334 e. The van der Waals surface area contributed by atoms with Gasteiger partial charge in [-0.05, 0) is 101 Å². The normalized spacial score (nSPS) is 14.4. The maximum absolute atomic E-state index is 2.56. The molecule has 0 aliphatic heterocycles. The van der Waals surface area contributed by atoms with Gasteiger partial charge in [-0.2, -0.15) is 0 Å². The average molecular weight is 610 g/mol. The molecule has 6 aromatic carbocycles. The highest BCUT2D eigenvalue weighted by atomic mass is 15.2. The van der Waals surface area contributed by atoms with E-state index in [2.05, 4.69) is 178 Å². The molecule has 1 aliphatic rings. The zero-order chi connectivity index (χ0) is 32.3. The molecule has 0 saturated carbocycles. The summed E-state index contributed by atoms with van der Waals surface area (Å²) in [5.41, 5.74) is 13.1. The van der Waals surface area contributed by atoms with Crippen molar-refractivity contribution in [2.24, 2.45) is 0 Å². The number of anilines is 2. The molecule has 1 unspecified atom stereocenters. The Hall–Kier alpha value is -5.14. The fraction of sp³-hybridized carbons (Fsp3) is 0.174. The molecule has 47 heavy (non-hydrogen) atoms. The smallest absolute Gasteiger partial charge is 0.0560 e. The maximum atomic E-state index is 2.56. The number of rotatable bonds is 8. The van der Waals surface area contributed by atoms with Crippen LogP contribution in [0.4, 0.5) is 11.4 Å². The van der Waals surface area contributed by atoms with Gasteiger partial charge in [0, 0.05) is 16.8 Å². The number of benzene rings is 6. The van der Waals surface area contributed by atoms with Crippen LogP contribution in [0.15, 0.2) is 133 Å². The highest BCUT2D eigenvalue weighted by Gasteiger charge is 2.25. The molecule has 7 rings (SSSR count). The van der Waals surface area contributed by atoms with Gasteiger partial charge in [0.15, 0.2) is 0 Å². The van der Waals surface area contributed by atoms with Crippen molar-refractivity contribution in [3.05, 3.63) is 167 Å². The first-order chi connectivity index (χ1) is 23.1. The second-order valence-electron chi connectivity index (χ2n) is 12.8. The summed E-state index contributed by atoms with van der Waals surface area (Å²) in [5.74, 6) is 0. The Bertz CT molecular complexity index is 2140. The minimum atomic E-state index is 0.244.